The molecule has 1 aromatic rings. The number of nitro groups is 1. The lowest BCUT2D eigenvalue weighted by molar-refractivity contribution is -0.384. The van der Waals surface area contributed by atoms with Gasteiger partial charge in [-0.05, 0) is 25.1 Å². The van der Waals surface area contributed by atoms with Crippen molar-refractivity contribution in [1.29, 1.82) is 0 Å². The van der Waals surface area contributed by atoms with Gasteiger partial charge in [-0.25, -0.2) is 9.59 Å². The largest absolute Gasteiger partial charge is 0.513 e. The highest BCUT2D eigenvalue weighted by atomic mass is 16.7. The number of ether oxygens (including phenoxy) is 3. The Morgan fingerprint density at radius 2 is 1.83 bits per heavy atom. The molecule has 3 N–H and O–H groups in total. The number of nitrogens with zero attached hydrogens (tertiary/aromatic N) is 1. The number of non-ortho nitro benzene ring substituents is 1. The van der Waals surface area contributed by atoms with Gasteiger partial charge in [0.15, 0.2) is 0 Å². The van der Waals surface area contributed by atoms with Crippen LogP contribution in [0, 0.1) is 10.1 Å². The number of carbonyl (C=O) groups is 2. The fourth-order valence-electron chi connectivity index (χ4n) is 1.14. The molecule has 0 aliphatic heterocycles. The normalized spacial score (nSPS) is 9.00. The zero-order valence-corrected chi connectivity index (χ0v) is 12.8. The van der Waals surface area contributed by atoms with Crippen molar-refractivity contribution in [3.63, 3.8) is 0 Å². The Hall–Kier alpha value is -2.88. The molecule has 0 heterocycles. The number of carbonyl (C=O) groups excluding carboxylic acids is 2. The van der Waals surface area contributed by atoms with E-state index in [0.717, 1.165) is 6.42 Å². The number of nitro benzene ring substituents is 1. The summed E-state index contributed by atoms with van der Waals surface area (Å²) in [6, 6.07) is 5.10. The van der Waals surface area contributed by atoms with Gasteiger partial charge in [-0.1, -0.05) is 0 Å². The lowest BCUT2D eigenvalue weighted by Gasteiger charge is -2.00. The number of rotatable bonds is 5. The molecule has 0 unspecified atom stereocenters. The van der Waals surface area contributed by atoms with Gasteiger partial charge in [-0.2, -0.15) is 0 Å². The van der Waals surface area contributed by atoms with E-state index in [1.807, 2.05) is 0 Å². The third-order valence-corrected chi connectivity index (χ3v) is 2.25. The van der Waals surface area contributed by atoms with Gasteiger partial charge in [0, 0.05) is 18.7 Å². The molecule has 0 aliphatic carbocycles. The Balaban J connectivity index is 0.000000468. The van der Waals surface area contributed by atoms with E-state index >= 15 is 0 Å². The molecule has 1 rings (SSSR count). The van der Waals surface area contributed by atoms with Gasteiger partial charge >= 0.3 is 12.2 Å². The van der Waals surface area contributed by atoms with Crippen LogP contribution < -0.4 is 15.8 Å². The van der Waals surface area contributed by atoms with Gasteiger partial charge in [0.1, 0.15) is 5.75 Å². The summed E-state index contributed by atoms with van der Waals surface area (Å²) in [5.41, 5.74) is 5.10. The van der Waals surface area contributed by atoms with Crippen LogP contribution in [0.3, 0.4) is 0 Å². The molecule has 0 radical (unpaired) electrons. The van der Waals surface area contributed by atoms with Crippen LogP contribution in [0.1, 0.15) is 6.42 Å². The smallest absolute Gasteiger partial charge is 0.453 e. The van der Waals surface area contributed by atoms with Crippen molar-refractivity contribution in [3.8, 4) is 5.75 Å². The Morgan fingerprint density at radius 3 is 2.26 bits per heavy atom. The Kier molecular flexibility index (Phi) is 10.3. The molecule has 10 heteroatoms. The highest BCUT2D eigenvalue weighted by molar-refractivity contribution is 5.66. The third-order valence-electron chi connectivity index (χ3n) is 2.25. The van der Waals surface area contributed by atoms with E-state index in [2.05, 4.69) is 19.5 Å². The standard InChI is InChI=1S/C8H7NO5.C5H12N2O2/c1-13-8(10)14-7-4-2-6(3-5-7)9(11)12;1-9-5(8)7-4-2-3-6/h2-5H,1H3;2-4,6H2,1H3,(H,7,8). The van der Waals surface area contributed by atoms with Crippen LogP contribution in [0.2, 0.25) is 0 Å². The summed E-state index contributed by atoms with van der Waals surface area (Å²) in [6.45, 7) is 1.17. The molecule has 0 fully saturated rings. The Bertz CT molecular complexity index is 505. The van der Waals surface area contributed by atoms with Crippen molar-refractivity contribution in [1.82, 2.24) is 5.32 Å². The first-order valence-electron chi connectivity index (χ1n) is 6.46. The minimum absolute atomic E-state index is 0.0674. The molecule has 0 aromatic heterocycles. The highest BCUT2D eigenvalue weighted by Gasteiger charge is 2.07. The molecule has 0 aliphatic rings. The zero-order chi connectivity index (χ0) is 17.7. The predicted octanol–water partition coefficient (Wildman–Crippen LogP) is 1.43. The van der Waals surface area contributed by atoms with E-state index < -0.39 is 17.2 Å². The summed E-state index contributed by atoms with van der Waals surface area (Å²) in [5.74, 6) is 0.197. The minimum Gasteiger partial charge on any atom is -0.453 e. The molecule has 0 atom stereocenters. The van der Waals surface area contributed by atoms with Gasteiger partial charge in [0.25, 0.3) is 5.69 Å². The number of benzene rings is 1. The third kappa shape index (κ3) is 9.63. The first-order chi connectivity index (χ1) is 10.9. The van der Waals surface area contributed by atoms with Gasteiger partial charge in [-0.3, -0.25) is 10.1 Å². The Labute approximate surface area is 132 Å². The average molecular weight is 329 g/mol. The van der Waals surface area contributed by atoms with E-state index in [-0.39, 0.29) is 11.4 Å². The minimum atomic E-state index is -0.862. The van der Waals surface area contributed by atoms with Crippen molar-refractivity contribution in [3.05, 3.63) is 34.4 Å². The lowest BCUT2D eigenvalue weighted by Crippen LogP contribution is -2.25. The van der Waals surface area contributed by atoms with Crippen molar-refractivity contribution in [2.45, 2.75) is 6.42 Å². The first kappa shape index (κ1) is 20.1. The monoisotopic (exact) mass is 329 g/mol. The summed E-state index contributed by atoms with van der Waals surface area (Å²) in [7, 11) is 2.51. The van der Waals surface area contributed by atoms with Gasteiger partial charge < -0.3 is 25.3 Å². The summed E-state index contributed by atoms with van der Waals surface area (Å²) in [4.78, 5) is 30.7. The zero-order valence-electron chi connectivity index (χ0n) is 12.8. The second kappa shape index (κ2) is 11.7. The molecule has 10 nitrogen and oxygen atoms in total. The maximum absolute atomic E-state index is 10.6. The summed E-state index contributed by atoms with van der Waals surface area (Å²) >= 11 is 0. The lowest BCUT2D eigenvalue weighted by atomic mass is 10.3. The SMILES string of the molecule is COC(=O)NCCCN.COC(=O)Oc1ccc([N+](=O)[O-])cc1. The molecule has 0 bridgehead atoms. The fraction of sp³-hybridized carbons (Fsp3) is 0.385. The number of alkyl carbamates (subject to hydrolysis) is 1. The Morgan fingerprint density at radius 1 is 1.22 bits per heavy atom. The summed E-state index contributed by atoms with van der Waals surface area (Å²) in [5, 5.41) is 12.8. The van der Waals surface area contributed by atoms with Crippen LogP contribution in [0.4, 0.5) is 15.3 Å². The average Bonchev–Trinajstić information content (AvgIpc) is 2.55. The van der Waals surface area contributed by atoms with Crippen molar-refractivity contribution in [2.75, 3.05) is 27.3 Å². The molecule has 0 saturated heterocycles. The van der Waals surface area contributed by atoms with Gasteiger partial charge in [-0.15, -0.1) is 0 Å². The van der Waals surface area contributed by atoms with Crippen LogP contribution in [-0.4, -0.2) is 44.5 Å². The van der Waals surface area contributed by atoms with E-state index in [1.54, 1.807) is 0 Å². The molecule has 1 amide bonds. The topological polar surface area (TPSA) is 143 Å². The number of hydrogen-bond acceptors (Lipinski definition) is 8. The van der Waals surface area contributed by atoms with E-state index in [0.29, 0.717) is 13.1 Å². The van der Waals surface area contributed by atoms with Crippen LogP contribution in [0.15, 0.2) is 24.3 Å². The van der Waals surface area contributed by atoms with Crippen molar-refractivity contribution < 1.29 is 28.7 Å². The molecular weight excluding hydrogens is 310 g/mol. The maximum atomic E-state index is 10.6. The predicted molar refractivity (Wildman–Crippen MR) is 80.2 cm³/mol. The van der Waals surface area contributed by atoms with Crippen LogP contribution in [0.25, 0.3) is 0 Å². The van der Waals surface area contributed by atoms with Gasteiger partial charge in [0.2, 0.25) is 0 Å². The summed E-state index contributed by atoms with van der Waals surface area (Å²) < 4.78 is 13.2. The van der Waals surface area contributed by atoms with Crippen LogP contribution in [0.5, 0.6) is 5.75 Å². The molecule has 0 spiro atoms. The number of nitrogens with two attached hydrogens (primary N) is 1. The number of nitrogens with one attached hydrogen (secondary N) is 1. The van der Waals surface area contributed by atoms with Gasteiger partial charge in [0.05, 0.1) is 19.1 Å². The number of hydrogen-bond donors (Lipinski definition) is 2. The number of methoxy groups -OCH3 is 2. The van der Waals surface area contributed by atoms with Crippen LogP contribution >= 0.6 is 0 Å². The summed E-state index contributed by atoms with van der Waals surface area (Å²) in [6.07, 6.45) is -0.475. The maximum Gasteiger partial charge on any atom is 0.513 e. The second-order valence-electron chi connectivity index (χ2n) is 3.87. The molecule has 0 saturated carbocycles. The van der Waals surface area contributed by atoms with Crippen molar-refractivity contribution >= 4 is 17.9 Å². The van der Waals surface area contributed by atoms with E-state index in [9.17, 15) is 19.7 Å². The number of amides is 1. The fourth-order valence-corrected chi connectivity index (χ4v) is 1.14. The first-order valence-corrected chi connectivity index (χ1v) is 6.46. The molecule has 128 valence electrons. The second-order valence-corrected chi connectivity index (χ2v) is 3.87. The molecular formula is C13H19N3O7. The quantitative estimate of drug-likeness (QED) is 0.271. The van der Waals surface area contributed by atoms with E-state index in [1.165, 1.54) is 38.5 Å². The highest BCUT2D eigenvalue weighted by Crippen LogP contribution is 2.17. The van der Waals surface area contributed by atoms with Crippen LogP contribution in [-0.2, 0) is 9.47 Å². The van der Waals surface area contributed by atoms with E-state index in [4.69, 9.17) is 5.73 Å². The molecule has 23 heavy (non-hydrogen) atoms. The van der Waals surface area contributed by atoms with Crippen molar-refractivity contribution in [2.24, 2.45) is 5.73 Å². The molecule has 1 aromatic carbocycles.